The van der Waals surface area contributed by atoms with Crippen molar-refractivity contribution in [2.75, 3.05) is 23.4 Å². The van der Waals surface area contributed by atoms with Crippen molar-refractivity contribution in [1.82, 2.24) is 9.97 Å². The third-order valence-electron chi connectivity index (χ3n) is 2.99. The summed E-state index contributed by atoms with van der Waals surface area (Å²) in [6, 6.07) is 8.33. The van der Waals surface area contributed by atoms with Crippen LogP contribution in [-0.2, 0) is 9.84 Å². The molecule has 0 amide bonds. The topological polar surface area (TPSA) is 108 Å². The van der Waals surface area contributed by atoms with E-state index >= 15 is 0 Å². The minimum atomic E-state index is -3.22. The van der Waals surface area contributed by atoms with Crippen molar-refractivity contribution in [2.24, 2.45) is 0 Å². The Morgan fingerprint density at radius 3 is 2.52 bits per heavy atom. The van der Waals surface area contributed by atoms with Gasteiger partial charge in [0.05, 0.1) is 11.1 Å². The maximum absolute atomic E-state index is 11.4. The fraction of sp³-hybridized carbons (Fsp3) is 0.267. The van der Waals surface area contributed by atoms with Gasteiger partial charge in [0.15, 0.2) is 9.84 Å². The summed E-state index contributed by atoms with van der Waals surface area (Å²) < 4.78 is 22.9. The largest absolute Gasteiger partial charge is 0.369 e. The Kier molecular flexibility index (Phi) is 5.13. The van der Waals surface area contributed by atoms with E-state index in [4.69, 9.17) is 5.26 Å². The smallest absolute Gasteiger partial charge is 0.229 e. The van der Waals surface area contributed by atoms with Gasteiger partial charge in [0.2, 0.25) is 5.95 Å². The van der Waals surface area contributed by atoms with Crippen LogP contribution in [0, 0.1) is 11.3 Å². The lowest BCUT2D eigenvalue weighted by Crippen LogP contribution is -2.07. The molecular weight excluding hydrogens is 314 g/mol. The highest BCUT2D eigenvalue weighted by Crippen LogP contribution is 2.19. The van der Waals surface area contributed by atoms with Crippen LogP contribution in [0.2, 0.25) is 0 Å². The van der Waals surface area contributed by atoms with Crippen molar-refractivity contribution >= 4 is 27.3 Å². The highest BCUT2D eigenvalue weighted by atomic mass is 32.2. The minimum Gasteiger partial charge on any atom is -0.369 e. The molecule has 0 radical (unpaired) electrons. The molecule has 0 unspecified atom stereocenters. The molecule has 2 rings (SSSR count). The average molecular weight is 331 g/mol. The zero-order chi connectivity index (χ0) is 16.9. The fourth-order valence-corrected chi connectivity index (χ4v) is 2.45. The number of hydrogen-bond acceptors (Lipinski definition) is 7. The fourth-order valence-electron chi connectivity index (χ4n) is 1.82. The normalized spacial score (nSPS) is 10.8. The minimum absolute atomic E-state index is 0.245. The molecule has 0 spiro atoms. The first-order chi connectivity index (χ1) is 10.9. The monoisotopic (exact) mass is 331 g/mol. The van der Waals surface area contributed by atoms with Gasteiger partial charge in [-0.3, -0.25) is 0 Å². The van der Waals surface area contributed by atoms with E-state index in [9.17, 15) is 8.42 Å². The summed E-state index contributed by atoms with van der Waals surface area (Å²) in [5.74, 6) is 0.800. The third-order valence-corrected chi connectivity index (χ3v) is 4.12. The van der Waals surface area contributed by atoms with Crippen molar-refractivity contribution in [3.05, 3.63) is 36.0 Å². The molecule has 0 bridgehead atoms. The van der Waals surface area contributed by atoms with Gasteiger partial charge in [-0.1, -0.05) is 6.92 Å². The van der Waals surface area contributed by atoms with Crippen molar-refractivity contribution in [3.63, 3.8) is 0 Å². The van der Waals surface area contributed by atoms with Crippen molar-refractivity contribution in [2.45, 2.75) is 18.2 Å². The molecule has 1 heterocycles. The second-order valence-corrected chi connectivity index (χ2v) is 6.93. The first-order valence-corrected chi connectivity index (χ1v) is 8.91. The van der Waals surface area contributed by atoms with Crippen LogP contribution in [0.15, 0.2) is 35.4 Å². The number of nitrogens with zero attached hydrogens (tertiary/aromatic N) is 3. The number of nitriles is 1. The lowest BCUT2D eigenvalue weighted by Gasteiger charge is -2.09. The van der Waals surface area contributed by atoms with Gasteiger partial charge in [-0.15, -0.1) is 0 Å². The van der Waals surface area contributed by atoms with Crippen LogP contribution in [0.1, 0.15) is 18.9 Å². The Morgan fingerprint density at radius 1 is 1.26 bits per heavy atom. The molecule has 0 aliphatic heterocycles. The van der Waals surface area contributed by atoms with Gasteiger partial charge >= 0.3 is 0 Å². The number of sulfone groups is 1. The summed E-state index contributed by atoms with van der Waals surface area (Å²) in [6.45, 7) is 2.72. The van der Waals surface area contributed by atoms with E-state index < -0.39 is 9.84 Å². The van der Waals surface area contributed by atoms with Gasteiger partial charge < -0.3 is 10.6 Å². The van der Waals surface area contributed by atoms with E-state index in [2.05, 4.69) is 20.6 Å². The molecule has 0 aliphatic carbocycles. The van der Waals surface area contributed by atoms with Gasteiger partial charge in [0.1, 0.15) is 17.5 Å². The third kappa shape index (κ3) is 4.40. The first kappa shape index (κ1) is 16.7. The molecule has 2 aromatic rings. The van der Waals surface area contributed by atoms with Crippen LogP contribution in [0.5, 0.6) is 0 Å². The molecule has 2 N–H and O–H groups in total. The average Bonchev–Trinajstić information content (AvgIpc) is 2.53. The van der Waals surface area contributed by atoms with Gasteiger partial charge in [-0.25, -0.2) is 13.4 Å². The second kappa shape index (κ2) is 7.07. The molecule has 0 saturated heterocycles. The highest BCUT2D eigenvalue weighted by molar-refractivity contribution is 7.90. The van der Waals surface area contributed by atoms with E-state index in [0.29, 0.717) is 29.6 Å². The second-order valence-electron chi connectivity index (χ2n) is 4.92. The van der Waals surface area contributed by atoms with E-state index in [1.807, 2.05) is 13.0 Å². The highest BCUT2D eigenvalue weighted by Gasteiger charge is 2.08. The number of anilines is 3. The van der Waals surface area contributed by atoms with E-state index in [1.165, 1.54) is 18.3 Å². The summed E-state index contributed by atoms with van der Waals surface area (Å²) in [5, 5.41) is 15.1. The number of benzene rings is 1. The number of rotatable bonds is 6. The molecule has 1 aromatic carbocycles. The Balaban J connectivity index is 2.21. The van der Waals surface area contributed by atoms with Gasteiger partial charge in [0, 0.05) is 18.5 Å². The SMILES string of the molecule is CCCNc1nc(Nc2ccc(S(C)(=O)=O)cc2)ncc1C#N. The van der Waals surface area contributed by atoms with Crippen LogP contribution in [0.3, 0.4) is 0 Å². The van der Waals surface area contributed by atoms with Crippen molar-refractivity contribution < 1.29 is 8.42 Å². The summed E-state index contributed by atoms with van der Waals surface area (Å²) >= 11 is 0. The predicted octanol–water partition coefficient (Wildman–Crippen LogP) is 2.32. The van der Waals surface area contributed by atoms with Crippen LogP contribution >= 0.6 is 0 Å². The Hall–Kier alpha value is -2.66. The van der Waals surface area contributed by atoms with E-state index in [-0.39, 0.29) is 4.90 Å². The molecule has 0 saturated carbocycles. The molecule has 0 aliphatic rings. The Labute approximate surface area is 135 Å². The van der Waals surface area contributed by atoms with Gasteiger partial charge in [-0.05, 0) is 30.7 Å². The lowest BCUT2D eigenvalue weighted by atomic mass is 10.3. The number of hydrogen-bond donors (Lipinski definition) is 2. The van der Waals surface area contributed by atoms with Crippen LogP contribution in [0.4, 0.5) is 17.5 Å². The molecule has 0 atom stereocenters. The maximum Gasteiger partial charge on any atom is 0.229 e. The summed E-state index contributed by atoms with van der Waals surface area (Å²) in [6.07, 6.45) is 3.51. The lowest BCUT2D eigenvalue weighted by molar-refractivity contribution is 0.602. The molecule has 8 heteroatoms. The molecule has 0 fully saturated rings. The Morgan fingerprint density at radius 2 is 1.96 bits per heavy atom. The summed E-state index contributed by atoms with van der Waals surface area (Å²) in [5.41, 5.74) is 1.03. The number of nitrogens with one attached hydrogen (secondary N) is 2. The van der Waals surface area contributed by atoms with Crippen LogP contribution in [-0.4, -0.2) is 31.2 Å². The summed E-state index contributed by atoms with van der Waals surface area (Å²) in [4.78, 5) is 8.60. The Bertz CT molecular complexity index is 826. The molecule has 1 aromatic heterocycles. The predicted molar refractivity (Wildman–Crippen MR) is 88.4 cm³/mol. The van der Waals surface area contributed by atoms with E-state index in [1.54, 1.807) is 12.1 Å². The van der Waals surface area contributed by atoms with Crippen LogP contribution < -0.4 is 10.6 Å². The van der Waals surface area contributed by atoms with Crippen molar-refractivity contribution in [3.8, 4) is 6.07 Å². The van der Waals surface area contributed by atoms with Gasteiger partial charge in [-0.2, -0.15) is 10.2 Å². The van der Waals surface area contributed by atoms with Gasteiger partial charge in [0.25, 0.3) is 0 Å². The van der Waals surface area contributed by atoms with Crippen LogP contribution in [0.25, 0.3) is 0 Å². The molecule has 23 heavy (non-hydrogen) atoms. The van der Waals surface area contributed by atoms with E-state index in [0.717, 1.165) is 12.7 Å². The zero-order valence-corrected chi connectivity index (χ0v) is 13.7. The quantitative estimate of drug-likeness (QED) is 0.836. The zero-order valence-electron chi connectivity index (χ0n) is 12.9. The first-order valence-electron chi connectivity index (χ1n) is 7.02. The van der Waals surface area contributed by atoms with Crippen molar-refractivity contribution in [1.29, 1.82) is 5.26 Å². The molecule has 120 valence electrons. The summed E-state index contributed by atoms with van der Waals surface area (Å²) in [7, 11) is -3.22. The molecular formula is C15H17N5O2S. The number of aromatic nitrogens is 2. The standard InChI is InChI=1S/C15H17N5O2S/c1-3-8-17-14-11(9-16)10-18-15(20-14)19-12-4-6-13(7-5-12)23(2,21)22/h4-7,10H,3,8H2,1-2H3,(H2,17,18,19,20). The maximum atomic E-state index is 11.4. The molecule has 7 nitrogen and oxygen atoms in total.